The minimum Gasteiger partial charge on any atom is -0.376 e. The van der Waals surface area contributed by atoms with Crippen LogP contribution >= 0.6 is 11.3 Å². The topological polar surface area (TPSA) is 70.2 Å². The zero-order chi connectivity index (χ0) is 18.6. The maximum absolute atomic E-state index is 14.6. The SMILES string of the molecule is O=C1N[C@@H]([C@@H]2CCCCO2)CN2CC(F)(F)Cc3c(-c4cn[nH]c4)sc1c32. The number of H-pyrrole nitrogens is 1. The van der Waals surface area contributed by atoms with Gasteiger partial charge in [-0.1, -0.05) is 0 Å². The number of ether oxygens (including phenoxy) is 1. The Kier molecular flexibility index (Phi) is 3.98. The monoisotopic (exact) mass is 394 g/mol. The molecule has 2 aromatic heterocycles. The molecule has 0 aromatic carbocycles. The molecule has 3 aliphatic rings. The molecule has 1 amide bonds. The Bertz CT molecular complexity index is 861. The summed E-state index contributed by atoms with van der Waals surface area (Å²) in [6.07, 6.45) is 5.69. The molecule has 5 rings (SSSR count). The van der Waals surface area contributed by atoms with E-state index in [4.69, 9.17) is 4.74 Å². The van der Waals surface area contributed by atoms with Crippen LogP contribution in [0, 0.1) is 0 Å². The molecule has 0 aliphatic carbocycles. The third kappa shape index (κ3) is 2.93. The molecule has 3 aliphatic heterocycles. The van der Waals surface area contributed by atoms with Crippen molar-refractivity contribution in [3.63, 3.8) is 0 Å². The van der Waals surface area contributed by atoms with Gasteiger partial charge in [0.05, 0.1) is 30.6 Å². The number of hydrogen-bond donors (Lipinski definition) is 2. The number of thiophene rings is 1. The van der Waals surface area contributed by atoms with Crippen molar-refractivity contribution in [1.29, 1.82) is 0 Å². The second-order valence-corrected chi connectivity index (χ2v) is 8.49. The minimum absolute atomic E-state index is 0.121. The van der Waals surface area contributed by atoms with Gasteiger partial charge in [-0.15, -0.1) is 11.3 Å². The van der Waals surface area contributed by atoms with Crippen LogP contribution in [0.2, 0.25) is 0 Å². The van der Waals surface area contributed by atoms with E-state index < -0.39 is 5.92 Å². The van der Waals surface area contributed by atoms with Crippen molar-refractivity contribution >= 4 is 22.9 Å². The van der Waals surface area contributed by atoms with Gasteiger partial charge in [-0.05, 0) is 19.3 Å². The highest BCUT2D eigenvalue weighted by atomic mass is 32.1. The molecule has 0 bridgehead atoms. The van der Waals surface area contributed by atoms with E-state index in [-0.39, 0.29) is 31.0 Å². The fourth-order valence-corrected chi connectivity index (χ4v) is 5.58. The number of carbonyl (C=O) groups is 1. The van der Waals surface area contributed by atoms with E-state index in [0.29, 0.717) is 34.2 Å². The molecule has 9 heteroatoms. The molecule has 2 atom stereocenters. The number of nitrogens with zero attached hydrogens (tertiary/aromatic N) is 2. The number of rotatable bonds is 2. The molecule has 6 nitrogen and oxygen atoms in total. The van der Waals surface area contributed by atoms with Crippen LogP contribution in [0.5, 0.6) is 0 Å². The van der Waals surface area contributed by atoms with E-state index in [9.17, 15) is 13.6 Å². The molecule has 1 fully saturated rings. The average Bonchev–Trinajstić information content (AvgIpc) is 3.25. The van der Waals surface area contributed by atoms with Gasteiger partial charge >= 0.3 is 0 Å². The van der Waals surface area contributed by atoms with Gasteiger partial charge in [0.25, 0.3) is 11.8 Å². The van der Waals surface area contributed by atoms with E-state index >= 15 is 0 Å². The molecule has 144 valence electrons. The quantitative estimate of drug-likeness (QED) is 0.822. The highest BCUT2D eigenvalue weighted by molar-refractivity contribution is 7.18. The highest BCUT2D eigenvalue weighted by Crippen LogP contribution is 2.48. The number of alkyl halides is 2. The maximum Gasteiger partial charge on any atom is 0.269 e. The van der Waals surface area contributed by atoms with Crippen LogP contribution in [0.25, 0.3) is 10.4 Å². The fourth-order valence-electron chi connectivity index (χ4n) is 4.36. The number of amides is 1. The lowest BCUT2D eigenvalue weighted by atomic mass is 9.96. The Morgan fingerprint density at radius 2 is 2.22 bits per heavy atom. The Morgan fingerprint density at radius 1 is 1.33 bits per heavy atom. The van der Waals surface area contributed by atoms with E-state index in [1.54, 1.807) is 17.3 Å². The predicted octanol–water partition coefficient (Wildman–Crippen LogP) is 2.82. The van der Waals surface area contributed by atoms with E-state index in [1.807, 2.05) is 0 Å². The smallest absolute Gasteiger partial charge is 0.269 e. The highest BCUT2D eigenvalue weighted by Gasteiger charge is 2.46. The van der Waals surface area contributed by atoms with Crippen LogP contribution in [0.3, 0.4) is 0 Å². The molecule has 2 N–H and O–H groups in total. The second-order valence-electron chi connectivity index (χ2n) is 7.47. The van der Waals surface area contributed by atoms with E-state index in [2.05, 4.69) is 15.5 Å². The number of hydrogen-bond acceptors (Lipinski definition) is 5. The Labute approximate surface area is 158 Å². The zero-order valence-corrected chi connectivity index (χ0v) is 15.5. The molecule has 0 spiro atoms. The molecule has 27 heavy (non-hydrogen) atoms. The third-order valence-corrected chi connectivity index (χ3v) is 6.79. The summed E-state index contributed by atoms with van der Waals surface area (Å²) in [5, 5.41) is 9.70. The normalized spacial score (nSPS) is 27.0. The predicted molar refractivity (Wildman–Crippen MR) is 97.6 cm³/mol. The number of anilines is 1. The first-order valence-corrected chi connectivity index (χ1v) is 10.0. The fraction of sp³-hybridized carbons (Fsp3) is 0.556. The van der Waals surface area contributed by atoms with Crippen molar-refractivity contribution in [2.24, 2.45) is 0 Å². The van der Waals surface area contributed by atoms with Gasteiger partial charge in [-0.25, -0.2) is 8.78 Å². The van der Waals surface area contributed by atoms with Crippen LogP contribution < -0.4 is 10.2 Å². The molecule has 0 unspecified atom stereocenters. The first kappa shape index (κ1) is 17.1. The molecule has 1 saturated heterocycles. The van der Waals surface area contributed by atoms with Crippen molar-refractivity contribution in [1.82, 2.24) is 15.5 Å². The van der Waals surface area contributed by atoms with Gasteiger partial charge in [-0.2, -0.15) is 5.10 Å². The van der Waals surface area contributed by atoms with E-state index in [0.717, 1.165) is 24.8 Å². The van der Waals surface area contributed by atoms with Crippen molar-refractivity contribution in [3.05, 3.63) is 22.8 Å². The van der Waals surface area contributed by atoms with Gasteiger partial charge in [0.2, 0.25) is 0 Å². The van der Waals surface area contributed by atoms with Crippen LogP contribution in [-0.4, -0.2) is 53.9 Å². The number of carbonyl (C=O) groups excluding carboxylic acids is 1. The van der Waals surface area contributed by atoms with Gasteiger partial charge in [0.1, 0.15) is 4.88 Å². The summed E-state index contributed by atoms with van der Waals surface area (Å²) >= 11 is 1.27. The summed E-state index contributed by atoms with van der Waals surface area (Å²) in [4.78, 5) is 15.8. The summed E-state index contributed by atoms with van der Waals surface area (Å²) in [6.45, 7) is 0.630. The largest absolute Gasteiger partial charge is 0.376 e. The maximum atomic E-state index is 14.6. The molecule has 0 radical (unpaired) electrons. The van der Waals surface area contributed by atoms with Crippen LogP contribution in [-0.2, 0) is 11.2 Å². The van der Waals surface area contributed by atoms with Crippen molar-refractivity contribution in [3.8, 4) is 10.4 Å². The Balaban J connectivity index is 1.58. The van der Waals surface area contributed by atoms with Crippen molar-refractivity contribution in [2.75, 3.05) is 24.6 Å². The Hall–Kier alpha value is -2.00. The van der Waals surface area contributed by atoms with Crippen molar-refractivity contribution < 1.29 is 18.3 Å². The summed E-state index contributed by atoms with van der Waals surface area (Å²) in [5.41, 5.74) is 1.95. The zero-order valence-electron chi connectivity index (χ0n) is 14.6. The summed E-state index contributed by atoms with van der Waals surface area (Å²) in [5.74, 6) is -3.03. The van der Waals surface area contributed by atoms with Crippen molar-refractivity contribution in [2.45, 2.75) is 43.8 Å². The third-order valence-electron chi connectivity index (χ3n) is 5.52. The molecular formula is C18H20F2N4O2S. The first-order valence-electron chi connectivity index (χ1n) is 9.22. The molecule has 5 heterocycles. The van der Waals surface area contributed by atoms with Crippen LogP contribution in [0.1, 0.15) is 34.5 Å². The summed E-state index contributed by atoms with van der Waals surface area (Å²) in [7, 11) is 0. The van der Waals surface area contributed by atoms with Gasteiger partial charge in [-0.3, -0.25) is 9.89 Å². The second kappa shape index (κ2) is 6.27. The van der Waals surface area contributed by atoms with Crippen LogP contribution in [0.15, 0.2) is 12.4 Å². The minimum atomic E-state index is -2.84. The molecular weight excluding hydrogens is 374 g/mol. The molecule has 0 saturated carbocycles. The van der Waals surface area contributed by atoms with Crippen LogP contribution in [0.4, 0.5) is 14.5 Å². The number of aromatic nitrogens is 2. The Morgan fingerprint density at radius 3 is 2.96 bits per heavy atom. The van der Waals surface area contributed by atoms with E-state index in [1.165, 1.54) is 11.3 Å². The van der Waals surface area contributed by atoms with Gasteiger partial charge in [0.15, 0.2) is 0 Å². The van der Waals surface area contributed by atoms with Gasteiger partial charge in [0, 0.05) is 41.8 Å². The standard InChI is InChI=1S/C18H20F2N4O2S/c19-18(20)5-11-14-16(27-15(11)10-6-21-22-7-10)17(25)23-12(8-24(14)9-18)13-3-1-2-4-26-13/h6-7,12-13H,1-5,8-9H2,(H,21,22)(H,23,25)/t12-,13+/m1/s1. The number of halogens is 2. The number of nitrogens with one attached hydrogen (secondary N) is 2. The average molecular weight is 394 g/mol. The number of aromatic amines is 1. The van der Waals surface area contributed by atoms with Gasteiger partial charge < -0.3 is 15.0 Å². The lowest BCUT2D eigenvalue weighted by Crippen LogP contribution is -2.53. The molecule has 2 aromatic rings. The summed E-state index contributed by atoms with van der Waals surface area (Å²) < 4.78 is 35.0. The summed E-state index contributed by atoms with van der Waals surface area (Å²) in [6, 6.07) is -0.281. The first-order chi connectivity index (χ1) is 13.0. The lowest BCUT2D eigenvalue weighted by molar-refractivity contribution is -0.0109. The lowest BCUT2D eigenvalue weighted by Gasteiger charge is -2.38.